The molecular weight excluding hydrogens is 278 g/mol. The van der Waals surface area contributed by atoms with Crippen molar-refractivity contribution in [2.24, 2.45) is 5.73 Å². The van der Waals surface area contributed by atoms with Gasteiger partial charge in [0, 0.05) is 11.4 Å². The van der Waals surface area contributed by atoms with E-state index in [0.29, 0.717) is 12.3 Å². The molecule has 1 unspecified atom stereocenters. The molecule has 0 radical (unpaired) electrons. The van der Waals surface area contributed by atoms with Crippen molar-refractivity contribution >= 4 is 10.8 Å². The summed E-state index contributed by atoms with van der Waals surface area (Å²) in [5.41, 5.74) is 9.14. The van der Waals surface area contributed by atoms with Crippen molar-refractivity contribution in [1.29, 1.82) is 0 Å². The lowest BCUT2D eigenvalue weighted by Crippen LogP contribution is -2.10. The molecule has 0 bridgehead atoms. The van der Waals surface area contributed by atoms with Crippen LogP contribution in [0.5, 0.6) is 0 Å². The molecule has 2 N–H and O–H groups in total. The average molecular weight is 301 g/mol. The first-order chi connectivity index (χ1) is 9.90. The first kappa shape index (κ1) is 15.9. The Balaban J connectivity index is 2.09. The molecule has 3 heteroatoms. The number of nitrogens with two attached hydrogens (primary N) is 1. The fourth-order valence-corrected chi connectivity index (χ4v) is 3.21. The normalized spacial score (nSPS) is 13.1. The van der Waals surface area contributed by atoms with E-state index in [1.54, 1.807) is 0 Å². The molecule has 0 amide bonds. The quantitative estimate of drug-likeness (QED) is 0.934. The van der Waals surface area contributed by atoms with Crippen LogP contribution in [0.1, 0.15) is 37.5 Å². The third-order valence-electron chi connectivity index (χ3n) is 3.54. The minimum Gasteiger partial charge on any atom is -0.326 e. The van der Waals surface area contributed by atoms with Gasteiger partial charge in [-0.1, -0.05) is 57.2 Å². The summed E-state index contributed by atoms with van der Waals surface area (Å²) in [6.07, 6.45) is 0. The minimum absolute atomic E-state index is 0.123. The zero-order valence-corrected chi connectivity index (χ0v) is 13.7. The second kappa shape index (κ2) is 6.54. The van der Waals surface area contributed by atoms with Gasteiger partial charge in [0.05, 0.1) is 16.6 Å². The van der Waals surface area contributed by atoms with E-state index < -0.39 is 10.8 Å². The van der Waals surface area contributed by atoms with E-state index in [4.69, 9.17) is 5.73 Å². The Labute approximate surface area is 129 Å². The van der Waals surface area contributed by atoms with Gasteiger partial charge in [-0.2, -0.15) is 0 Å². The molecular formula is C18H23NOS. The highest BCUT2D eigenvalue weighted by Gasteiger charge is 2.14. The van der Waals surface area contributed by atoms with E-state index in [-0.39, 0.29) is 5.41 Å². The summed E-state index contributed by atoms with van der Waals surface area (Å²) in [6, 6.07) is 16.1. The van der Waals surface area contributed by atoms with Crippen molar-refractivity contribution in [3.63, 3.8) is 0 Å². The van der Waals surface area contributed by atoms with E-state index in [0.717, 1.165) is 16.0 Å². The lowest BCUT2D eigenvalue weighted by atomic mass is 9.87. The summed E-state index contributed by atoms with van der Waals surface area (Å²) in [6.45, 7) is 7.07. The predicted octanol–water partition coefficient (Wildman–Crippen LogP) is 3.75. The Morgan fingerprint density at radius 1 is 0.905 bits per heavy atom. The van der Waals surface area contributed by atoms with Gasteiger partial charge in [0.1, 0.15) is 0 Å². The predicted molar refractivity (Wildman–Crippen MR) is 89.6 cm³/mol. The first-order valence-corrected chi connectivity index (χ1v) is 8.49. The van der Waals surface area contributed by atoms with E-state index in [2.05, 4.69) is 32.9 Å². The Hall–Kier alpha value is -1.45. The Morgan fingerprint density at radius 2 is 1.43 bits per heavy atom. The van der Waals surface area contributed by atoms with E-state index in [9.17, 15) is 4.21 Å². The molecule has 0 saturated heterocycles. The first-order valence-electron chi connectivity index (χ1n) is 7.17. The van der Waals surface area contributed by atoms with Crippen LogP contribution in [0, 0.1) is 0 Å². The Bertz CT molecular complexity index is 609. The van der Waals surface area contributed by atoms with Gasteiger partial charge < -0.3 is 5.73 Å². The van der Waals surface area contributed by atoms with Crippen LogP contribution < -0.4 is 5.73 Å². The van der Waals surface area contributed by atoms with Crippen LogP contribution in [0.25, 0.3) is 0 Å². The van der Waals surface area contributed by atoms with Gasteiger partial charge in [0.15, 0.2) is 0 Å². The minimum atomic E-state index is -1.01. The Morgan fingerprint density at radius 3 is 1.90 bits per heavy atom. The molecule has 2 aromatic carbocycles. The van der Waals surface area contributed by atoms with E-state index >= 15 is 0 Å². The van der Waals surface area contributed by atoms with Crippen molar-refractivity contribution in [2.75, 3.05) is 0 Å². The second-order valence-corrected chi connectivity index (χ2v) is 7.74. The van der Waals surface area contributed by atoms with E-state index in [1.165, 1.54) is 5.56 Å². The van der Waals surface area contributed by atoms with Crippen molar-refractivity contribution < 1.29 is 4.21 Å². The number of rotatable bonds is 4. The van der Waals surface area contributed by atoms with Crippen molar-refractivity contribution in [3.05, 3.63) is 65.2 Å². The average Bonchev–Trinajstić information content (AvgIpc) is 2.47. The standard InChI is InChI=1S/C18H23NOS/c1-18(2,3)16-8-10-17(11-9-16)21(20)13-15-6-4-14(12-19)5-7-15/h4-11H,12-13,19H2,1-3H3. The molecule has 0 aromatic heterocycles. The maximum atomic E-state index is 12.4. The van der Waals surface area contributed by atoms with Gasteiger partial charge in [0.25, 0.3) is 0 Å². The van der Waals surface area contributed by atoms with Gasteiger partial charge in [-0.05, 0) is 34.2 Å². The number of benzene rings is 2. The Kier molecular flexibility index (Phi) is 4.96. The van der Waals surface area contributed by atoms with Crippen LogP contribution in [0.15, 0.2) is 53.4 Å². The third kappa shape index (κ3) is 4.26. The summed E-state index contributed by atoms with van der Waals surface area (Å²) in [5, 5.41) is 0. The van der Waals surface area contributed by atoms with Crippen LogP contribution in [0.2, 0.25) is 0 Å². The number of hydrogen-bond donors (Lipinski definition) is 1. The molecule has 2 aromatic rings. The summed E-state index contributed by atoms with van der Waals surface area (Å²) in [5.74, 6) is 0.541. The van der Waals surface area contributed by atoms with Gasteiger partial charge >= 0.3 is 0 Å². The molecule has 0 aliphatic rings. The largest absolute Gasteiger partial charge is 0.326 e. The van der Waals surface area contributed by atoms with Crippen LogP contribution in [0.4, 0.5) is 0 Å². The molecule has 112 valence electrons. The fourth-order valence-electron chi connectivity index (χ4n) is 2.11. The van der Waals surface area contributed by atoms with Crippen molar-refractivity contribution in [2.45, 2.75) is 43.4 Å². The molecule has 0 heterocycles. The second-order valence-electron chi connectivity index (χ2n) is 6.28. The van der Waals surface area contributed by atoms with Crippen molar-refractivity contribution in [3.8, 4) is 0 Å². The number of hydrogen-bond acceptors (Lipinski definition) is 2. The van der Waals surface area contributed by atoms with E-state index in [1.807, 2.05) is 36.4 Å². The zero-order chi connectivity index (χ0) is 15.5. The highest BCUT2D eigenvalue weighted by atomic mass is 32.2. The lowest BCUT2D eigenvalue weighted by Gasteiger charge is -2.19. The molecule has 0 fully saturated rings. The van der Waals surface area contributed by atoms with Gasteiger partial charge in [0.2, 0.25) is 0 Å². The molecule has 0 spiro atoms. The molecule has 0 saturated carbocycles. The molecule has 0 aliphatic carbocycles. The van der Waals surface area contributed by atoms with Crippen LogP contribution in [-0.2, 0) is 28.5 Å². The summed E-state index contributed by atoms with van der Waals surface area (Å²) in [4.78, 5) is 0.880. The van der Waals surface area contributed by atoms with Gasteiger partial charge in [-0.3, -0.25) is 4.21 Å². The summed E-state index contributed by atoms with van der Waals surface area (Å²) in [7, 11) is -1.01. The van der Waals surface area contributed by atoms with Crippen LogP contribution in [0.3, 0.4) is 0 Å². The van der Waals surface area contributed by atoms with Crippen LogP contribution >= 0.6 is 0 Å². The molecule has 2 rings (SSSR count). The van der Waals surface area contributed by atoms with Gasteiger partial charge in [-0.25, -0.2) is 0 Å². The zero-order valence-electron chi connectivity index (χ0n) is 12.9. The smallest absolute Gasteiger partial charge is 0.0574 e. The lowest BCUT2D eigenvalue weighted by molar-refractivity contribution is 0.589. The summed E-state index contributed by atoms with van der Waals surface area (Å²) < 4.78 is 12.4. The van der Waals surface area contributed by atoms with Gasteiger partial charge in [-0.15, -0.1) is 0 Å². The highest BCUT2D eigenvalue weighted by molar-refractivity contribution is 7.84. The molecule has 0 aliphatic heterocycles. The fraction of sp³-hybridized carbons (Fsp3) is 0.333. The monoisotopic (exact) mass is 301 g/mol. The third-order valence-corrected chi connectivity index (χ3v) is 4.93. The van der Waals surface area contributed by atoms with Crippen LogP contribution in [-0.4, -0.2) is 4.21 Å². The molecule has 2 nitrogen and oxygen atoms in total. The topological polar surface area (TPSA) is 43.1 Å². The summed E-state index contributed by atoms with van der Waals surface area (Å²) >= 11 is 0. The maximum absolute atomic E-state index is 12.4. The maximum Gasteiger partial charge on any atom is 0.0574 e. The highest BCUT2D eigenvalue weighted by Crippen LogP contribution is 2.23. The molecule has 21 heavy (non-hydrogen) atoms. The molecule has 1 atom stereocenters. The SMILES string of the molecule is CC(C)(C)c1ccc(S(=O)Cc2ccc(CN)cc2)cc1. The van der Waals surface area contributed by atoms with Crippen molar-refractivity contribution in [1.82, 2.24) is 0 Å².